The Bertz CT molecular complexity index is 1050. The third-order valence-electron chi connectivity index (χ3n) is 6.24. The molecular formula is C22H22F6N4O. The average Bonchev–Trinajstić information content (AvgIpc) is 3.61. The number of carbonyl (C=O) groups excluding carboxylic acids is 1. The Morgan fingerprint density at radius 3 is 2.30 bits per heavy atom. The van der Waals surface area contributed by atoms with Gasteiger partial charge in [0.15, 0.2) is 11.6 Å². The number of hydrogen-bond donors (Lipinski definition) is 1. The van der Waals surface area contributed by atoms with Crippen LogP contribution in [0.25, 0.3) is 0 Å². The van der Waals surface area contributed by atoms with Crippen molar-refractivity contribution in [3.8, 4) is 0 Å². The van der Waals surface area contributed by atoms with Gasteiger partial charge in [-0.05, 0) is 49.7 Å². The van der Waals surface area contributed by atoms with E-state index in [0.29, 0.717) is 44.8 Å². The second-order valence-electron chi connectivity index (χ2n) is 8.62. The fourth-order valence-electron chi connectivity index (χ4n) is 4.21. The van der Waals surface area contributed by atoms with Crippen LogP contribution in [0, 0.1) is 23.4 Å². The van der Waals surface area contributed by atoms with Crippen LogP contribution >= 0.6 is 0 Å². The first kappa shape index (κ1) is 23.5. The topological polar surface area (TPSA) is 72.1 Å². The molecule has 4 rings (SSSR count). The number of carbonyl (C=O) groups is 1. The number of likely N-dealkylation sites (tertiary alicyclic amines) is 1. The molecule has 0 radical (unpaired) electrons. The van der Waals surface area contributed by atoms with Crippen LogP contribution < -0.4 is 5.73 Å². The first-order valence-electron chi connectivity index (χ1n) is 10.7. The minimum absolute atomic E-state index is 0.0141. The van der Waals surface area contributed by atoms with E-state index < -0.39 is 41.4 Å². The van der Waals surface area contributed by atoms with E-state index in [1.54, 1.807) is 0 Å². The van der Waals surface area contributed by atoms with E-state index in [1.165, 1.54) is 4.90 Å². The summed E-state index contributed by atoms with van der Waals surface area (Å²) in [5.74, 6) is -5.23. The lowest BCUT2D eigenvalue weighted by atomic mass is 9.86. The average molecular weight is 472 g/mol. The van der Waals surface area contributed by atoms with Gasteiger partial charge < -0.3 is 10.6 Å². The smallest absolute Gasteiger partial charge is 0.339 e. The Morgan fingerprint density at radius 1 is 1.06 bits per heavy atom. The van der Waals surface area contributed by atoms with Crippen molar-refractivity contribution in [1.82, 2.24) is 14.9 Å². The quantitative estimate of drug-likeness (QED) is 0.523. The lowest BCUT2D eigenvalue weighted by Crippen LogP contribution is -2.44. The molecule has 2 fully saturated rings. The minimum Gasteiger partial charge on any atom is -0.339 e. The lowest BCUT2D eigenvalue weighted by molar-refractivity contribution is -0.145. The molecule has 2 aliphatic rings. The molecule has 5 nitrogen and oxygen atoms in total. The van der Waals surface area contributed by atoms with Gasteiger partial charge in [0.25, 0.3) is 5.91 Å². The summed E-state index contributed by atoms with van der Waals surface area (Å²) < 4.78 is 79.4. The molecule has 1 aliphatic heterocycles. The van der Waals surface area contributed by atoms with Gasteiger partial charge in [0.05, 0.1) is 11.3 Å². The van der Waals surface area contributed by atoms with E-state index >= 15 is 0 Å². The summed E-state index contributed by atoms with van der Waals surface area (Å²) in [5, 5.41) is 0. The van der Waals surface area contributed by atoms with Crippen LogP contribution in [0.4, 0.5) is 26.3 Å². The van der Waals surface area contributed by atoms with Crippen LogP contribution in [-0.4, -0.2) is 39.9 Å². The second-order valence-corrected chi connectivity index (χ2v) is 8.62. The molecule has 0 spiro atoms. The molecule has 1 aliphatic carbocycles. The molecule has 1 aromatic carbocycles. The monoisotopic (exact) mass is 472 g/mol. The van der Waals surface area contributed by atoms with Crippen LogP contribution in [0.5, 0.6) is 0 Å². The van der Waals surface area contributed by atoms with Gasteiger partial charge in [-0.25, -0.2) is 23.1 Å². The molecule has 1 atom stereocenters. The molecule has 178 valence electrons. The molecule has 0 unspecified atom stereocenters. The zero-order valence-electron chi connectivity index (χ0n) is 17.5. The molecule has 11 heteroatoms. The summed E-state index contributed by atoms with van der Waals surface area (Å²) >= 11 is 0. The first-order valence-corrected chi connectivity index (χ1v) is 10.7. The van der Waals surface area contributed by atoms with Gasteiger partial charge in [-0.3, -0.25) is 4.79 Å². The highest BCUT2D eigenvalue weighted by atomic mass is 19.4. The third-order valence-corrected chi connectivity index (χ3v) is 6.24. The SMILES string of the molecule is N[C@H](Cc1cc(F)c(F)cc1F)C1CCN(C(=O)c2cnc(C(F)(F)F)nc2C2CC2)CC1. The summed E-state index contributed by atoms with van der Waals surface area (Å²) in [6.07, 6.45) is -1.41. The van der Waals surface area contributed by atoms with Crippen LogP contribution in [0.15, 0.2) is 18.3 Å². The maximum absolute atomic E-state index is 13.9. The first-order chi connectivity index (χ1) is 15.5. The maximum atomic E-state index is 13.9. The van der Waals surface area contributed by atoms with Gasteiger partial charge in [0.1, 0.15) is 5.82 Å². The molecule has 2 aromatic rings. The summed E-state index contributed by atoms with van der Waals surface area (Å²) in [7, 11) is 0. The Morgan fingerprint density at radius 2 is 1.70 bits per heavy atom. The van der Waals surface area contributed by atoms with Gasteiger partial charge in [-0.15, -0.1) is 0 Å². The van der Waals surface area contributed by atoms with E-state index in [2.05, 4.69) is 9.97 Å². The fraction of sp³-hybridized carbons (Fsp3) is 0.500. The summed E-state index contributed by atoms with van der Waals surface area (Å²) in [4.78, 5) is 21.5. The predicted molar refractivity (Wildman–Crippen MR) is 106 cm³/mol. The number of nitrogens with zero attached hydrogens (tertiary/aromatic N) is 3. The van der Waals surface area contributed by atoms with Gasteiger partial charge >= 0.3 is 6.18 Å². The largest absolute Gasteiger partial charge is 0.451 e. The third kappa shape index (κ3) is 5.13. The van der Waals surface area contributed by atoms with Crippen LogP contribution in [0.3, 0.4) is 0 Å². The van der Waals surface area contributed by atoms with E-state index in [4.69, 9.17) is 5.73 Å². The van der Waals surface area contributed by atoms with Crippen molar-refractivity contribution < 1.29 is 31.1 Å². The number of alkyl halides is 3. The van der Waals surface area contributed by atoms with Crippen molar-refractivity contribution in [3.05, 3.63) is 58.4 Å². The van der Waals surface area contributed by atoms with Crippen LogP contribution in [0.2, 0.25) is 0 Å². The lowest BCUT2D eigenvalue weighted by Gasteiger charge is -2.35. The van der Waals surface area contributed by atoms with E-state index in [1.807, 2.05) is 0 Å². The fourth-order valence-corrected chi connectivity index (χ4v) is 4.21. The Hall–Kier alpha value is -2.69. The molecule has 33 heavy (non-hydrogen) atoms. The van der Waals surface area contributed by atoms with Crippen molar-refractivity contribution in [2.75, 3.05) is 13.1 Å². The van der Waals surface area contributed by atoms with Crippen molar-refractivity contribution in [1.29, 1.82) is 0 Å². The molecule has 2 heterocycles. The Kier molecular flexibility index (Phi) is 6.35. The standard InChI is InChI=1S/C22H22F6N4O/c23-15-9-17(25)16(24)7-13(15)8-18(29)11-3-5-32(6-4-11)20(33)14-10-30-21(22(26,27)28)31-19(14)12-1-2-12/h7,9-12,18H,1-6,8,29H2/t18-/m1/s1. The second kappa shape index (κ2) is 8.92. The number of halogens is 6. The molecule has 1 amide bonds. The van der Waals surface area contributed by atoms with Crippen molar-refractivity contribution >= 4 is 5.91 Å². The zero-order valence-corrected chi connectivity index (χ0v) is 17.5. The molecule has 1 saturated heterocycles. The number of piperidine rings is 1. The number of rotatable bonds is 5. The number of aromatic nitrogens is 2. The van der Waals surface area contributed by atoms with Gasteiger partial charge in [0, 0.05) is 37.3 Å². The van der Waals surface area contributed by atoms with Crippen molar-refractivity contribution in [2.24, 2.45) is 11.7 Å². The summed E-state index contributed by atoms with van der Waals surface area (Å²) in [6, 6.07) is 0.758. The van der Waals surface area contributed by atoms with Crippen molar-refractivity contribution in [2.45, 2.75) is 50.2 Å². The summed E-state index contributed by atoms with van der Waals surface area (Å²) in [5.41, 5.74) is 6.38. The predicted octanol–water partition coefficient (Wildman–Crippen LogP) is 4.21. The highest BCUT2D eigenvalue weighted by Gasteiger charge is 2.39. The number of amides is 1. The normalized spacial score (nSPS) is 18.5. The highest BCUT2D eigenvalue weighted by Crippen LogP contribution is 2.42. The van der Waals surface area contributed by atoms with Crippen LogP contribution in [-0.2, 0) is 12.6 Å². The Balaban J connectivity index is 1.41. The molecular weight excluding hydrogens is 450 g/mol. The van der Waals surface area contributed by atoms with E-state index in [-0.39, 0.29) is 35.1 Å². The number of nitrogens with two attached hydrogens (primary N) is 1. The summed E-state index contributed by atoms with van der Waals surface area (Å²) in [6.45, 7) is 0.616. The molecule has 0 bridgehead atoms. The van der Waals surface area contributed by atoms with Gasteiger partial charge in [-0.1, -0.05) is 0 Å². The minimum atomic E-state index is -4.69. The van der Waals surface area contributed by atoms with E-state index in [0.717, 1.165) is 12.3 Å². The van der Waals surface area contributed by atoms with Crippen molar-refractivity contribution in [3.63, 3.8) is 0 Å². The Labute approximate surface area is 186 Å². The molecule has 1 aromatic heterocycles. The van der Waals surface area contributed by atoms with Crippen LogP contribution in [0.1, 0.15) is 59.0 Å². The molecule has 2 N–H and O–H groups in total. The van der Waals surface area contributed by atoms with E-state index in [9.17, 15) is 31.1 Å². The maximum Gasteiger partial charge on any atom is 0.451 e. The van der Waals surface area contributed by atoms with Gasteiger partial charge in [-0.2, -0.15) is 13.2 Å². The number of benzene rings is 1. The molecule has 1 saturated carbocycles. The highest BCUT2D eigenvalue weighted by molar-refractivity contribution is 5.95. The zero-order chi connectivity index (χ0) is 23.9. The number of hydrogen-bond acceptors (Lipinski definition) is 4. The van der Waals surface area contributed by atoms with Gasteiger partial charge in [0.2, 0.25) is 5.82 Å².